The molecule has 0 nitrogen and oxygen atoms in total. The molecule has 0 spiro atoms. The van der Waals surface area contributed by atoms with Gasteiger partial charge in [0.2, 0.25) is 0 Å². The molecule has 0 radical (unpaired) electrons. The van der Waals surface area contributed by atoms with Crippen LogP contribution in [-0.4, -0.2) is 6.66 Å². The van der Waals surface area contributed by atoms with Gasteiger partial charge in [0.05, 0.1) is 6.66 Å². The molecule has 0 heterocycles. The van der Waals surface area contributed by atoms with Crippen molar-refractivity contribution in [1.29, 1.82) is 0 Å². The van der Waals surface area contributed by atoms with E-state index in [2.05, 4.69) is 97.7 Å². The maximum atomic E-state index is 2.41. The fourth-order valence-corrected chi connectivity index (χ4v) is 5.83. The fraction of sp³-hybridized carbons (Fsp3) is 0.0526. The highest BCUT2D eigenvalue weighted by molar-refractivity contribution is 7.95. The summed E-state index contributed by atoms with van der Waals surface area (Å²) in [5.41, 5.74) is 0. The first kappa shape index (κ1) is 15.8. The second-order valence-electron chi connectivity index (χ2n) is 5.01. The Bertz CT molecular complexity index is 569. The summed E-state index contributed by atoms with van der Waals surface area (Å²) < 4.78 is 0. The van der Waals surface area contributed by atoms with Gasteiger partial charge in [0, 0.05) is 0 Å². The minimum absolute atomic E-state index is 0. The molecule has 0 unspecified atom stereocenters. The van der Waals surface area contributed by atoms with E-state index < -0.39 is 7.26 Å². The van der Waals surface area contributed by atoms with Crippen LogP contribution >= 0.6 is 7.26 Å². The molecule has 0 atom stereocenters. The predicted octanol–water partition coefficient (Wildman–Crippen LogP) is 0.614. The summed E-state index contributed by atoms with van der Waals surface area (Å²) in [5.74, 6) is 0. The van der Waals surface area contributed by atoms with E-state index in [0.29, 0.717) is 0 Å². The van der Waals surface area contributed by atoms with Gasteiger partial charge in [-0.1, -0.05) is 54.6 Å². The molecule has 3 aromatic carbocycles. The zero-order chi connectivity index (χ0) is 13.8. The van der Waals surface area contributed by atoms with Gasteiger partial charge in [-0.05, 0) is 36.4 Å². The van der Waals surface area contributed by atoms with Crippen molar-refractivity contribution >= 4 is 23.2 Å². The van der Waals surface area contributed by atoms with E-state index >= 15 is 0 Å². The number of rotatable bonds is 3. The van der Waals surface area contributed by atoms with Crippen molar-refractivity contribution < 1.29 is 12.4 Å². The van der Waals surface area contributed by atoms with Gasteiger partial charge in [0.25, 0.3) is 0 Å². The van der Waals surface area contributed by atoms with E-state index in [-0.39, 0.29) is 12.4 Å². The minimum atomic E-state index is -1.53. The zero-order valence-corrected chi connectivity index (χ0v) is 13.6. The van der Waals surface area contributed by atoms with Crippen LogP contribution in [0.5, 0.6) is 0 Å². The molecule has 0 aromatic heterocycles. The third kappa shape index (κ3) is 3.02. The summed E-state index contributed by atoms with van der Waals surface area (Å²) in [6.07, 6.45) is 0. The Kier molecular flexibility index (Phi) is 5.17. The van der Waals surface area contributed by atoms with Gasteiger partial charge in [-0.3, -0.25) is 0 Å². The smallest absolute Gasteiger partial charge is 0.109 e. The molecular weight excluding hydrogens is 295 g/mol. The molecule has 0 fully saturated rings. The Balaban J connectivity index is 0.00000161. The van der Waals surface area contributed by atoms with Crippen molar-refractivity contribution in [3.63, 3.8) is 0 Å². The van der Waals surface area contributed by atoms with Crippen molar-refractivity contribution in [3.05, 3.63) is 91.0 Å². The Hall–Kier alpha value is -1.62. The number of halogens is 1. The molecule has 0 aliphatic carbocycles. The van der Waals surface area contributed by atoms with E-state index in [9.17, 15) is 0 Å². The third-order valence-corrected chi connectivity index (χ3v) is 7.81. The van der Waals surface area contributed by atoms with E-state index in [1.165, 1.54) is 15.9 Å². The topological polar surface area (TPSA) is 0 Å². The Morgan fingerprint density at radius 3 is 0.952 bits per heavy atom. The molecule has 0 aliphatic rings. The maximum Gasteiger partial charge on any atom is 0.109 e. The Morgan fingerprint density at radius 1 is 0.476 bits per heavy atom. The van der Waals surface area contributed by atoms with Crippen molar-refractivity contribution in [2.24, 2.45) is 0 Å². The predicted molar refractivity (Wildman–Crippen MR) is 91.1 cm³/mol. The Morgan fingerprint density at radius 2 is 0.714 bits per heavy atom. The van der Waals surface area contributed by atoms with Crippen LogP contribution in [0.25, 0.3) is 0 Å². The van der Waals surface area contributed by atoms with Crippen LogP contribution in [0.15, 0.2) is 91.0 Å². The van der Waals surface area contributed by atoms with Gasteiger partial charge in [0.1, 0.15) is 23.2 Å². The summed E-state index contributed by atoms with van der Waals surface area (Å²) in [6, 6.07) is 32.6. The van der Waals surface area contributed by atoms with E-state index in [1.807, 2.05) is 0 Å². The molecule has 0 saturated heterocycles. The zero-order valence-electron chi connectivity index (χ0n) is 12.0. The average molecular weight is 313 g/mol. The van der Waals surface area contributed by atoms with Crippen molar-refractivity contribution in [2.75, 3.05) is 6.66 Å². The molecule has 0 amide bonds. The monoisotopic (exact) mass is 312 g/mol. The van der Waals surface area contributed by atoms with E-state index in [4.69, 9.17) is 0 Å². The minimum Gasteiger partial charge on any atom is -1.00 e. The SMILES string of the molecule is C[P+](c1ccccc1)(c1ccccc1)c1ccccc1.[Cl-]. The lowest BCUT2D eigenvalue weighted by Crippen LogP contribution is -3.00. The highest BCUT2D eigenvalue weighted by atomic mass is 35.5. The molecule has 106 valence electrons. The van der Waals surface area contributed by atoms with E-state index in [1.54, 1.807) is 0 Å². The van der Waals surface area contributed by atoms with Crippen LogP contribution in [0.2, 0.25) is 0 Å². The molecular formula is C19H18ClP. The summed E-state index contributed by atoms with van der Waals surface area (Å²) in [5, 5.41) is 4.28. The molecule has 3 aromatic rings. The van der Waals surface area contributed by atoms with Crippen LogP contribution in [0.1, 0.15) is 0 Å². The van der Waals surface area contributed by atoms with Crippen LogP contribution in [0.4, 0.5) is 0 Å². The molecule has 2 heteroatoms. The lowest BCUT2D eigenvalue weighted by Gasteiger charge is -2.22. The van der Waals surface area contributed by atoms with Gasteiger partial charge in [-0.15, -0.1) is 0 Å². The van der Waals surface area contributed by atoms with Crippen LogP contribution in [-0.2, 0) is 0 Å². The van der Waals surface area contributed by atoms with Gasteiger partial charge in [-0.25, -0.2) is 0 Å². The largest absolute Gasteiger partial charge is 1.00 e. The molecule has 0 aliphatic heterocycles. The summed E-state index contributed by atoms with van der Waals surface area (Å²) in [4.78, 5) is 0. The molecule has 3 rings (SSSR count). The third-order valence-electron chi connectivity index (χ3n) is 3.82. The molecule has 0 N–H and O–H groups in total. The second-order valence-corrected chi connectivity index (χ2v) is 8.57. The fourth-order valence-electron chi connectivity index (χ4n) is 2.63. The molecule has 0 saturated carbocycles. The second kappa shape index (κ2) is 6.89. The normalized spacial score (nSPS) is 10.7. The summed E-state index contributed by atoms with van der Waals surface area (Å²) >= 11 is 0. The van der Waals surface area contributed by atoms with Gasteiger partial charge < -0.3 is 12.4 Å². The first-order valence-corrected chi connectivity index (χ1v) is 9.09. The van der Waals surface area contributed by atoms with Crippen LogP contribution in [0.3, 0.4) is 0 Å². The maximum absolute atomic E-state index is 2.41. The van der Waals surface area contributed by atoms with Gasteiger partial charge in [-0.2, -0.15) is 0 Å². The first-order valence-electron chi connectivity index (χ1n) is 6.85. The number of hydrogen-bond donors (Lipinski definition) is 0. The van der Waals surface area contributed by atoms with Crippen molar-refractivity contribution in [3.8, 4) is 0 Å². The van der Waals surface area contributed by atoms with Gasteiger partial charge in [0.15, 0.2) is 0 Å². The lowest BCUT2D eigenvalue weighted by atomic mass is 10.4. The number of benzene rings is 3. The quantitative estimate of drug-likeness (QED) is 0.622. The summed E-state index contributed by atoms with van der Waals surface area (Å²) in [7, 11) is -1.53. The highest BCUT2D eigenvalue weighted by Gasteiger charge is 2.39. The van der Waals surface area contributed by atoms with Crippen molar-refractivity contribution in [2.45, 2.75) is 0 Å². The first-order chi connectivity index (χ1) is 9.82. The highest BCUT2D eigenvalue weighted by Crippen LogP contribution is 2.51. The summed E-state index contributed by atoms with van der Waals surface area (Å²) in [6.45, 7) is 2.41. The van der Waals surface area contributed by atoms with Crippen molar-refractivity contribution in [1.82, 2.24) is 0 Å². The Labute approximate surface area is 133 Å². The molecule has 21 heavy (non-hydrogen) atoms. The van der Waals surface area contributed by atoms with E-state index in [0.717, 1.165) is 0 Å². The van der Waals surface area contributed by atoms with Crippen LogP contribution < -0.4 is 28.3 Å². The average Bonchev–Trinajstić information content (AvgIpc) is 2.56. The van der Waals surface area contributed by atoms with Crippen LogP contribution in [0, 0.1) is 0 Å². The standard InChI is InChI=1S/C19H18P.ClH/c1-20(17-11-5-2-6-12-17,18-13-7-3-8-14-18)19-15-9-4-10-16-19;/h2-16H,1H3;1H/q+1;/p-1. The number of hydrogen-bond acceptors (Lipinski definition) is 0. The molecule has 0 bridgehead atoms. The lowest BCUT2D eigenvalue weighted by molar-refractivity contribution is -0.00000390. The van der Waals surface area contributed by atoms with Gasteiger partial charge >= 0.3 is 0 Å².